The minimum Gasteiger partial charge on any atom is -0.374 e. The van der Waals surface area contributed by atoms with Gasteiger partial charge in [-0.05, 0) is 23.4 Å². The molecule has 1 aliphatic heterocycles. The number of rotatable bonds is 1. The van der Waals surface area contributed by atoms with Crippen LogP contribution in [0.1, 0.15) is 16.9 Å². The van der Waals surface area contributed by atoms with E-state index in [0.29, 0.717) is 0 Å². The third-order valence-electron chi connectivity index (χ3n) is 1.91. The highest BCUT2D eigenvalue weighted by Gasteiger charge is 2.14. The summed E-state index contributed by atoms with van der Waals surface area (Å²) in [6.07, 6.45) is 3.81. The Balaban J connectivity index is 2.52. The standard InChI is InChI=1S/C9H8NOP/c11-12-9-8-4-2-1-3-7(8)5-6-10-9/h1-6,9-10H. The molecule has 2 nitrogen and oxygen atoms in total. The third kappa shape index (κ3) is 1.15. The van der Waals surface area contributed by atoms with Crippen LogP contribution in [0.25, 0.3) is 6.08 Å². The Kier molecular flexibility index (Phi) is 1.92. The fraction of sp³-hybridized carbons (Fsp3) is 0.111. The molecule has 12 heavy (non-hydrogen) atoms. The normalized spacial score (nSPS) is 20.2. The van der Waals surface area contributed by atoms with Gasteiger partial charge in [-0.15, -0.1) is 0 Å². The van der Waals surface area contributed by atoms with E-state index in [0.717, 1.165) is 11.1 Å². The van der Waals surface area contributed by atoms with Crippen molar-refractivity contribution in [3.63, 3.8) is 0 Å². The lowest BCUT2D eigenvalue weighted by atomic mass is 10.1. The quantitative estimate of drug-likeness (QED) is 0.668. The van der Waals surface area contributed by atoms with Crippen LogP contribution in [0.15, 0.2) is 30.5 Å². The summed E-state index contributed by atoms with van der Waals surface area (Å²) in [4.78, 5) is 0. The van der Waals surface area contributed by atoms with Crippen molar-refractivity contribution in [2.75, 3.05) is 0 Å². The topological polar surface area (TPSA) is 29.1 Å². The molecule has 60 valence electrons. The molecule has 1 aromatic carbocycles. The molecule has 0 radical (unpaired) electrons. The second-order valence-electron chi connectivity index (χ2n) is 2.64. The Bertz CT molecular complexity index is 335. The maximum absolute atomic E-state index is 10.7. The summed E-state index contributed by atoms with van der Waals surface area (Å²) >= 11 is 0. The van der Waals surface area contributed by atoms with Gasteiger partial charge in [-0.1, -0.05) is 24.3 Å². The van der Waals surface area contributed by atoms with Crippen LogP contribution < -0.4 is 5.32 Å². The molecule has 1 heterocycles. The van der Waals surface area contributed by atoms with E-state index in [1.807, 2.05) is 36.5 Å². The number of fused-ring (bicyclic) bond motifs is 1. The maximum Gasteiger partial charge on any atom is 0.185 e. The summed E-state index contributed by atoms with van der Waals surface area (Å²) in [6, 6.07) is 7.94. The molecule has 1 atom stereocenters. The van der Waals surface area contributed by atoms with Gasteiger partial charge in [0, 0.05) is 0 Å². The third-order valence-corrected chi connectivity index (χ3v) is 2.55. The highest BCUT2D eigenvalue weighted by atomic mass is 31.1. The lowest BCUT2D eigenvalue weighted by Crippen LogP contribution is -2.13. The van der Waals surface area contributed by atoms with Crippen molar-refractivity contribution in [1.29, 1.82) is 0 Å². The molecule has 0 aliphatic carbocycles. The summed E-state index contributed by atoms with van der Waals surface area (Å²) in [6.45, 7) is 0. The van der Waals surface area contributed by atoms with E-state index in [-0.39, 0.29) is 14.2 Å². The largest absolute Gasteiger partial charge is 0.374 e. The molecule has 0 fully saturated rings. The van der Waals surface area contributed by atoms with Gasteiger partial charge in [-0.25, -0.2) is 0 Å². The number of benzene rings is 1. The Morgan fingerprint density at radius 1 is 1.33 bits per heavy atom. The van der Waals surface area contributed by atoms with Gasteiger partial charge in [0.15, 0.2) is 8.46 Å². The Hall–Kier alpha value is -1.14. The fourth-order valence-corrected chi connectivity index (χ4v) is 1.81. The number of nitrogens with one attached hydrogen (secondary N) is 1. The lowest BCUT2D eigenvalue weighted by Gasteiger charge is -2.16. The first kappa shape index (κ1) is 7.51. The van der Waals surface area contributed by atoms with Gasteiger partial charge >= 0.3 is 0 Å². The number of hydrogen-bond acceptors (Lipinski definition) is 2. The SMILES string of the molecule is O=PC1NC=Cc2ccccc21. The highest BCUT2D eigenvalue weighted by Crippen LogP contribution is 2.30. The molecule has 1 aliphatic rings. The average molecular weight is 177 g/mol. The van der Waals surface area contributed by atoms with Gasteiger partial charge in [-0.3, -0.25) is 4.57 Å². The predicted molar refractivity (Wildman–Crippen MR) is 49.0 cm³/mol. The molecule has 0 saturated carbocycles. The van der Waals surface area contributed by atoms with E-state index in [1.165, 1.54) is 0 Å². The van der Waals surface area contributed by atoms with Crippen molar-refractivity contribution in [1.82, 2.24) is 5.32 Å². The van der Waals surface area contributed by atoms with Crippen LogP contribution in [0.5, 0.6) is 0 Å². The van der Waals surface area contributed by atoms with E-state index in [9.17, 15) is 4.57 Å². The van der Waals surface area contributed by atoms with Gasteiger partial charge < -0.3 is 5.32 Å². The van der Waals surface area contributed by atoms with Crippen LogP contribution >= 0.6 is 8.46 Å². The van der Waals surface area contributed by atoms with Gasteiger partial charge in [0.2, 0.25) is 0 Å². The summed E-state index contributed by atoms with van der Waals surface area (Å²) in [7, 11) is 0.119. The highest BCUT2D eigenvalue weighted by molar-refractivity contribution is 7.24. The molecule has 1 N–H and O–H groups in total. The summed E-state index contributed by atoms with van der Waals surface area (Å²) in [5.74, 6) is -0.0776. The zero-order chi connectivity index (χ0) is 8.39. The first-order valence-corrected chi connectivity index (χ1v) is 4.64. The molecule has 0 bridgehead atoms. The van der Waals surface area contributed by atoms with E-state index >= 15 is 0 Å². The zero-order valence-electron chi connectivity index (χ0n) is 6.40. The van der Waals surface area contributed by atoms with E-state index in [2.05, 4.69) is 5.32 Å². The summed E-state index contributed by atoms with van der Waals surface area (Å²) in [5.41, 5.74) is 2.24. The van der Waals surface area contributed by atoms with E-state index in [1.54, 1.807) is 0 Å². The minimum atomic E-state index is -0.0776. The van der Waals surface area contributed by atoms with Crippen LogP contribution in [0.2, 0.25) is 0 Å². The van der Waals surface area contributed by atoms with Crippen molar-refractivity contribution >= 4 is 14.5 Å². The lowest BCUT2D eigenvalue weighted by molar-refractivity contribution is 0.586. The van der Waals surface area contributed by atoms with Crippen molar-refractivity contribution in [3.8, 4) is 0 Å². The van der Waals surface area contributed by atoms with Gasteiger partial charge in [0.05, 0.1) is 0 Å². The zero-order valence-corrected chi connectivity index (χ0v) is 7.29. The molecule has 0 aromatic heterocycles. The summed E-state index contributed by atoms with van der Waals surface area (Å²) in [5, 5.41) is 3.02. The molecular formula is C9H8NOP. The van der Waals surface area contributed by atoms with Crippen LogP contribution in [0, 0.1) is 0 Å². The molecule has 3 heteroatoms. The van der Waals surface area contributed by atoms with Crippen molar-refractivity contribution in [2.45, 2.75) is 5.78 Å². The Morgan fingerprint density at radius 3 is 3.00 bits per heavy atom. The van der Waals surface area contributed by atoms with Crippen LogP contribution in [-0.2, 0) is 4.57 Å². The molecule has 0 amide bonds. The fourth-order valence-electron chi connectivity index (χ4n) is 1.32. The molecule has 2 rings (SSSR count). The predicted octanol–water partition coefficient (Wildman–Crippen LogP) is 2.55. The second kappa shape index (κ2) is 3.08. The monoisotopic (exact) mass is 177 g/mol. The van der Waals surface area contributed by atoms with Crippen LogP contribution in [-0.4, -0.2) is 0 Å². The Morgan fingerprint density at radius 2 is 2.17 bits per heavy atom. The second-order valence-corrected chi connectivity index (χ2v) is 3.36. The number of hydrogen-bond donors (Lipinski definition) is 1. The minimum absolute atomic E-state index is 0.0776. The van der Waals surface area contributed by atoms with Crippen LogP contribution in [0.3, 0.4) is 0 Å². The molecule has 0 spiro atoms. The molecule has 1 unspecified atom stereocenters. The van der Waals surface area contributed by atoms with E-state index in [4.69, 9.17) is 0 Å². The van der Waals surface area contributed by atoms with Crippen molar-refractivity contribution in [3.05, 3.63) is 41.6 Å². The first-order chi connectivity index (χ1) is 5.92. The van der Waals surface area contributed by atoms with E-state index < -0.39 is 0 Å². The van der Waals surface area contributed by atoms with Gasteiger partial charge in [-0.2, -0.15) is 0 Å². The maximum atomic E-state index is 10.7. The molecule has 0 saturated heterocycles. The van der Waals surface area contributed by atoms with Crippen LogP contribution in [0.4, 0.5) is 0 Å². The van der Waals surface area contributed by atoms with Crippen molar-refractivity contribution in [2.24, 2.45) is 0 Å². The van der Waals surface area contributed by atoms with Crippen molar-refractivity contribution < 1.29 is 4.57 Å². The van der Waals surface area contributed by atoms with Gasteiger partial charge in [0.1, 0.15) is 5.78 Å². The smallest absolute Gasteiger partial charge is 0.185 e. The summed E-state index contributed by atoms with van der Waals surface area (Å²) < 4.78 is 10.7. The average Bonchev–Trinajstić information content (AvgIpc) is 2.17. The molecular weight excluding hydrogens is 169 g/mol. The Labute approximate surface area is 72.5 Å². The molecule has 1 aromatic rings. The van der Waals surface area contributed by atoms with Gasteiger partial charge in [0.25, 0.3) is 0 Å². The first-order valence-electron chi connectivity index (χ1n) is 3.76.